The molecule has 1 saturated heterocycles. The van der Waals surface area contributed by atoms with Gasteiger partial charge in [-0.2, -0.15) is 10.1 Å². The molecule has 1 aliphatic rings. The Labute approximate surface area is 164 Å². The first-order valence-corrected chi connectivity index (χ1v) is 9.44. The molecule has 1 fully saturated rings. The van der Waals surface area contributed by atoms with Gasteiger partial charge < -0.3 is 0 Å². The zero-order chi connectivity index (χ0) is 17.6. The molecule has 124 valence electrons. The Balaban J connectivity index is 1.70. The first-order chi connectivity index (χ1) is 12.1. The lowest BCUT2D eigenvalue weighted by molar-refractivity contribution is -0.122. The van der Waals surface area contributed by atoms with Crippen LogP contribution in [-0.2, 0) is 4.79 Å². The number of allylic oxidation sites excluding steroid dienone is 1. The first-order valence-electron chi connectivity index (χ1n) is 7.43. The lowest BCUT2D eigenvalue weighted by atomic mass is 10.2. The summed E-state index contributed by atoms with van der Waals surface area (Å²) in [6, 6.07) is 17.6. The van der Waals surface area contributed by atoms with Crippen molar-refractivity contribution >= 4 is 68.5 Å². The Morgan fingerprint density at radius 2 is 1.76 bits per heavy atom. The molecule has 1 aliphatic heterocycles. The molecule has 0 aromatic heterocycles. The van der Waals surface area contributed by atoms with E-state index in [0.29, 0.717) is 9.23 Å². The molecule has 2 aromatic carbocycles. The number of carbonyl (C=O) groups excluding carboxylic acids is 1. The molecule has 3 rings (SSSR count). The van der Waals surface area contributed by atoms with Crippen LogP contribution in [0, 0.1) is 0 Å². The van der Waals surface area contributed by atoms with Gasteiger partial charge in [-0.15, -0.1) is 0 Å². The smallest absolute Gasteiger partial charge is 0.266 e. The number of carbonyl (C=O) groups is 1. The number of amides is 1. The Morgan fingerprint density at radius 3 is 2.48 bits per heavy atom. The second-order valence-electron chi connectivity index (χ2n) is 5.08. The number of rotatable bonds is 4. The van der Waals surface area contributed by atoms with E-state index in [2.05, 4.69) is 21.0 Å². The van der Waals surface area contributed by atoms with Gasteiger partial charge in [0.1, 0.15) is 0 Å². The standard InChI is InChI=1S/C19H13BrN2OS2/c20-16-10-8-15(9-11-16)13-17-18(23)22(19(24)25-17)21-12-4-7-14-5-2-1-3-6-14/h1-13H/b7-4-,17-13+,21-12+. The summed E-state index contributed by atoms with van der Waals surface area (Å²) in [7, 11) is 0. The number of benzene rings is 2. The maximum Gasteiger partial charge on any atom is 0.286 e. The van der Waals surface area contributed by atoms with E-state index in [1.807, 2.05) is 66.7 Å². The van der Waals surface area contributed by atoms with Gasteiger partial charge in [0.2, 0.25) is 0 Å². The second-order valence-corrected chi connectivity index (χ2v) is 7.67. The first kappa shape index (κ1) is 17.8. The van der Waals surface area contributed by atoms with Gasteiger partial charge in [-0.1, -0.05) is 76.2 Å². The van der Waals surface area contributed by atoms with Crippen molar-refractivity contribution in [3.63, 3.8) is 0 Å². The van der Waals surface area contributed by atoms with Gasteiger partial charge in [0.05, 0.1) is 4.91 Å². The summed E-state index contributed by atoms with van der Waals surface area (Å²) in [5.74, 6) is -0.206. The maximum atomic E-state index is 12.5. The van der Waals surface area contributed by atoms with E-state index in [1.54, 1.807) is 12.3 Å². The molecule has 0 aliphatic carbocycles. The van der Waals surface area contributed by atoms with Crippen molar-refractivity contribution in [3.8, 4) is 0 Å². The van der Waals surface area contributed by atoms with E-state index < -0.39 is 0 Å². The molecule has 6 heteroatoms. The van der Waals surface area contributed by atoms with Gasteiger partial charge in [0.25, 0.3) is 5.91 Å². The highest BCUT2D eigenvalue weighted by Gasteiger charge is 2.31. The number of thioether (sulfide) groups is 1. The molecule has 0 spiro atoms. The Bertz CT molecular complexity index is 874. The zero-order valence-corrected chi connectivity index (χ0v) is 16.2. The number of hydrazone groups is 1. The van der Waals surface area contributed by atoms with E-state index >= 15 is 0 Å². The highest BCUT2D eigenvalue weighted by atomic mass is 79.9. The van der Waals surface area contributed by atoms with Crippen LogP contribution in [0.1, 0.15) is 11.1 Å². The molecule has 0 N–H and O–H groups in total. The highest BCUT2D eigenvalue weighted by molar-refractivity contribution is 9.10. The predicted molar refractivity (Wildman–Crippen MR) is 113 cm³/mol. The summed E-state index contributed by atoms with van der Waals surface area (Å²) in [4.78, 5) is 13.0. The van der Waals surface area contributed by atoms with Crippen LogP contribution in [0.3, 0.4) is 0 Å². The van der Waals surface area contributed by atoms with Crippen LogP contribution >= 0.6 is 39.9 Å². The molecule has 1 amide bonds. The Morgan fingerprint density at radius 1 is 1.04 bits per heavy atom. The number of nitrogens with zero attached hydrogens (tertiary/aromatic N) is 2. The van der Waals surface area contributed by atoms with Crippen LogP contribution in [-0.4, -0.2) is 21.5 Å². The lowest BCUT2D eigenvalue weighted by Gasteiger charge is -2.04. The second kappa shape index (κ2) is 8.38. The van der Waals surface area contributed by atoms with Crippen molar-refractivity contribution in [2.45, 2.75) is 0 Å². The Kier molecular flexibility index (Phi) is 5.96. The fraction of sp³-hybridized carbons (Fsp3) is 0. The van der Waals surface area contributed by atoms with Gasteiger partial charge in [0.15, 0.2) is 4.32 Å². The summed E-state index contributed by atoms with van der Waals surface area (Å²) < 4.78 is 1.42. The van der Waals surface area contributed by atoms with E-state index in [4.69, 9.17) is 12.2 Å². The summed E-state index contributed by atoms with van der Waals surface area (Å²) in [5.41, 5.74) is 2.01. The van der Waals surface area contributed by atoms with E-state index in [-0.39, 0.29) is 5.91 Å². The SMILES string of the molecule is O=C1/C(=C\c2ccc(Br)cc2)SC(=S)N1/N=C/C=C\c1ccccc1. The van der Waals surface area contributed by atoms with E-state index in [9.17, 15) is 4.79 Å². The van der Waals surface area contributed by atoms with Crippen molar-refractivity contribution in [3.05, 3.63) is 81.2 Å². The molecule has 3 nitrogen and oxygen atoms in total. The molecular formula is C19H13BrN2OS2. The molecule has 0 saturated carbocycles. The summed E-state index contributed by atoms with van der Waals surface area (Å²) >= 11 is 9.90. The third kappa shape index (κ3) is 4.75. The maximum absolute atomic E-state index is 12.5. The molecule has 0 radical (unpaired) electrons. The average Bonchev–Trinajstić information content (AvgIpc) is 2.88. The monoisotopic (exact) mass is 428 g/mol. The van der Waals surface area contributed by atoms with Gasteiger partial charge >= 0.3 is 0 Å². The van der Waals surface area contributed by atoms with Crippen LogP contribution in [0.5, 0.6) is 0 Å². The molecule has 25 heavy (non-hydrogen) atoms. The minimum atomic E-state index is -0.206. The van der Waals surface area contributed by atoms with Crippen molar-refractivity contribution in [2.24, 2.45) is 5.10 Å². The van der Waals surface area contributed by atoms with Gasteiger partial charge in [-0.3, -0.25) is 4.79 Å². The molecule has 2 aromatic rings. The topological polar surface area (TPSA) is 32.7 Å². The largest absolute Gasteiger partial charge is 0.286 e. The quantitative estimate of drug-likeness (QED) is 0.373. The van der Waals surface area contributed by atoms with Gasteiger partial charge in [0, 0.05) is 10.7 Å². The summed E-state index contributed by atoms with van der Waals surface area (Å²) in [6.07, 6.45) is 7.09. The van der Waals surface area contributed by atoms with Crippen LogP contribution in [0.15, 0.2) is 75.2 Å². The molecule has 0 unspecified atom stereocenters. The zero-order valence-electron chi connectivity index (χ0n) is 13.0. The third-order valence-corrected chi connectivity index (χ3v) is 5.11. The fourth-order valence-electron chi connectivity index (χ4n) is 2.09. The van der Waals surface area contributed by atoms with Crippen molar-refractivity contribution < 1.29 is 4.79 Å². The van der Waals surface area contributed by atoms with Crippen LogP contribution in [0.4, 0.5) is 0 Å². The number of hydrogen-bond donors (Lipinski definition) is 0. The van der Waals surface area contributed by atoms with Crippen molar-refractivity contribution in [2.75, 3.05) is 0 Å². The fourth-order valence-corrected chi connectivity index (χ4v) is 3.53. The van der Waals surface area contributed by atoms with E-state index in [0.717, 1.165) is 15.6 Å². The van der Waals surface area contributed by atoms with Crippen LogP contribution < -0.4 is 0 Å². The van der Waals surface area contributed by atoms with Crippen LogP contribution in [0.2, 0.25) is 0 Å². The third-order valence-electron chi connectivity index (χ3n) is 3.30. The summed E-state index contributed by atoms with van der Waals surface area (Å²) in [5, 5.41) is 5.42. The molecule has 0 atom stereocenters. The minimum absolute atomic E-state index is 0.206. The molecular weight excluding hydrogens is 416 g/mol. The minimum Gasteiger partial charge on any atom is -0.266 e. The predicted octanol–water partition coefficient (Wildman–Crippen LogP) is 5.35. The number of thiocarbonyl (C=S) groups is 1. The van der Waals surface area contributed by atoms with Gasteiger partial charge in [-0.25, -0.2) is 0 Å². The van der Waals surface area contributed by atoms with Crippen molar-refractivity contribution in [1.82, 2.24) is 5.01 Å². The van der Waals surface area contributed by atoms with E-state index in [1.165, 1.54) is 16.8 Å². The number of halogens is 1. The van der Waals surface area contributed by atoms with Gasteiger partial charge in [-0.05, 0) is 47.6 Å². The molecule has 1 heterocycles. The Hall–Kier alpha value is -2.02. The number of hydrogen-bond acceptors (Lipinski definition) is 4. The highest BCUT2D eigenvalue weighted by Crippen LogP contribution is 2.32. The molecule has 0 bridgehead atoms. The van der Waals surface area contributed by atoms with Crippen molar-refractivity contribution in [1.29, 1.82) is 0 Å². The van der Waals surface area contributed by atoms with Crippen LogP contribution in [0.25, 0.3) is 12.2 Å². The lowest BCUT2D eigenvalue weighted by Crippen LogP contribution is -2.21. The normalized spacial score (nSPS) is 16.7. The summed E-state index contributed by atoms with van der Waals surface area (Å²) in [6.45, 7) is 0. The average molecular weight is 429 g/mol.